The lowest BCUT2D eigenvalue weighted by molar-refractivity contribution is -0.126. The molecule has 0 saturated carbocycles. The quantitative estimate of drug-likeness (QED) is 0.788. The lowest BCUT2D eigenvalue weighted by Gasteiger charge is -2.28. The molecule has 0 aromatic heterocycles. The Labute approximate surface area is 166 Å². The number of hydrogen-bond acceptors (Lipinski definition) is 3. The van der Waals surface area contributed by atoms with Gasteiger partial charge in [0.15, 0.2) is 0 Å². The number of carbonyl (C=O) groups is 2. The molecule has 2 aromatic carbocycles. The summed E-state index contributed by atoms with van der Waals surface area (Å²) in [6, 6.07) is 18.2. The number of amides is 2. The SMILES string of the molecule is O=C(NCCCN1CCc2ccccc2C1)[C@@H]1CC(=O)N(c2ccccc2)C1. The number of para-hydroxylation sites is 1. The van der Waals surface area contributed by atoms with Crippen molar-refractivity contribution < 1.29 is 9.59 Å². The maximum atomic E-state index is 12.5. The van der Waals surface area contributed by atoms with Crippen LogP contribution in [0.5, 0.6) is 0 Å². The number of anilines is 1. The highest BCUT2D eigenvalue weighted by atomic mass is 16.2. The molecule has 2 amide bonds. The van der Waals surface area contributed by atoms with Gasteiger partial charge in [0.1, 0.15) is 0 Å². The van der Waals surface area contributed by atoms with Gasteiger partial charge in [0.05, 0.1) is 5.92 Å². The summed E-state index contributed by atoms with van der Waals surface area (Å²) in [5.74, 6) is -0.233. The average Bonchev–Trinajstić information content (AvgIpc) is 3.13. The van der Waals surface area contributed by atoms with Crippen molar-refractivity contribution in [1.82, 2.24) is 10.2 Å². The van der Waals surface area contributed by atoms with Crippen molar-refractivity contribution in [3.63, 3.8) is 0 Å². The van der Waals surface area contributed by atoms with Crippen LogP contribution in [-0.4, -0.2) is 42.9 Å². The van der Waals surface area contributed by atoms with Crippen LogP contribution in [0.25, 0.3) is 0 Å². The first-order chi connectivity index (χ1) is 13.7. The van der Waals surface area contributed by atoms with Gasteiger partial charge in [0.25, 0.3) is 0 Å². The van der Waals surface area contributed by atoms with Crippen LogP contribution in [0.4, 0.5) is 5.69 Å². The summed E-state index contributed by atoms with van der Waals surface area (Å²) in [7, 11) is 0. The Hall–Kier alpha value is -2.66. The lowest BCUT2D eigenvalue weighted by atomic mass is 10.00. The maximum Gasteiger partial charge on any atom is 0.227 e. The minimum absolute atomic E-state index is 0.00392. The van der Waals surface area contributed by atoms with Crippen molar-refractivity contribution >= 4 is 17.5 Å². The molecule has 1 atom stereocenters. The van der Waals surface area contributed by atoms with Crippen LogP contribution in [0, 0.1) is 5.92 Å². The fraction of sp³-hybridized carbons (Fsp3) is 0.391. The van der Waals surface area contributed by atoms with E-state index in [4.69, 9.17) is 0 Å². The maximum absolute atomic E-state index is 12.5. The Morgan fingerprint density at radius 1 is 1.04 bits per heavy atom. The van der Waals surface area contributed by atoms with Crippen molar-refractivity contribution in [3.8, 4) is 0 Å². The Kier molecular flexibility index (Phi) is 5.72. The number of nitrogens with one attached hydrogen (secondary N) is 1. The van der Waals surface area contributed by atoms with E-state index in [2.05, 4.69) is 34.5 Å². The van der Waals surface area contributed by atoms with Crippen LogP contribution in [0.1, 0.15) is 24.0 Å². The summed E-state index contributed by atoms with van der Waals surface area (Å²) in [6.07, 6.45) is 2.32. The summed E-state index contributed by atoms with van der Waals surface area (Å²) < 4.78 is 0. The van der Waals surface area contributed by atoms with Gasteiger partial charge in [-0.3, -0.25) is 14.5 Å². The molecule has 2 aliphatic heterocycles. The Morgan fingerprint density at radius 3 is 2.61 bits per heavy atom. The molecule has 146 valence electrons. The Bertz CT molecular complexity index is 837. The zero-order valence-corrected chi connectivity index (χ0v) is 16.1. The third-order valence-electron chi connectivity index (χ3n) is 5.72. The zero-order valence-electron chi connectivity index (χ0n) is 16.1. The van der Waals surface area contributed by atoms with Crippen LogP contribution in [0.3, 0.4) is 0 Å². The van der Waals surface area contributed by atoms with Gasteiger partial charge in [-0.05, 0) is 36.1 Å². The number of carbonyl (C=O) groups excluding carboxylic acids is 2. The standard InChI is InChI=1S/C23H27N3O2/c27-22-15-20(17-26(22)21-9-2-1-3-10-21)23(28)24-12-6-13-25-14-11-18-7-4-5-8-19(18)16-25/h1-5,7-10,20H,6,11-17H2,(H,24,28)/t20-/m1/s1. The Morgan fingerprint density at radius 2 is 1.79 bits per heavy atom. The monoisotopic (exact) mass is 377 g/mol. The topological polar surface area (TPSA) is 52.7 Å². The second kappa shape index (κ2) is 8.57. The van der Waals surface area contributed by atoms with E-state index in [1.807, 2.05) is 30.3 Å². The van der Waals surface area contributed by atoms with Crippen molar-refractivity contribution in [1.29, 1.82) is 0 Å². The average molecular weight is 377 g/mol. The molecular formula is C23H27N3O2. The van der Waals surface area contributed by atoms with E-state index < -0.39 is 0 Å². The summed E-state index contributed by atoms with van der Waals surface area (Å²) in [6.45, 7) is 4.18. The van der Waals surface area contributed by atoms with Crippen LogP contribution in [0.2, 0.25) is 0 Å². The molecule has 4 rings (SSSR count). The van der Waals surface area contributed by atoms with E-state index in [1.54, 1.807) is 4.90 Å². The molecule has 2 heterocycles. The highest BCUT2D eigenvalue weighted by Crippen LogP contribution is 2.25. The van der Waals surface area contributed by atoms with E-state index in [1.165, 1.54) is 11.1 Å². The fourth-order valence-electron chi connectivity index (χ4n) is 4.14. The van der Waals surface area contributed by atoms with E-state index in [9.17, 15) is 9.59 Å². The minimum Gasteiger partial charge on any atom is -0.356 e. The van der Waals surface area contributed by atoms with Gasteiger partial charge in [0, 0.05) is 44.8 Å². The van der Waals surface area contributed by atoms with Gasteiger partial charge in [-0.15, -0.1) is 0 Å². The molecule has 0 unspecified atom stereocenters. The summed E-state index contributed by atoms with van der Waals surface area (Å²) in [5.41, 5.74) is 3.75. The molecule has 0 radical (unpaired) electrons. The van der Waals surface area contributed by atoms with Gasteiger partial charge in [-0.1, -0.05) is 42.5 Å². The second-order valence-electron chi connectivity index (χ2n) is 7.68. The molecule has 0 aliphatic carbocycles. The van der Waals surface area contributed by atoms with Gasteiger partial charge in [-0.2, -0.15) is 0 Å². The molecule has 0 bridgehead atoms. The largest absolute Gasteiger partial charge is 0.356 e. The third kappa shape index (κ3) is 4.25. The lowest BCUT2D eigenvalue weighted by Crippen LogP contribution is -2.36. The number of rotatable bonds is 6. The smallest absolute Gasteiger partial charge is 0.227 e. The molecule has 5 heteroatoms. The first kappa shape index (κ1) is 18.7. The van der Waals surface area contributed by atoms with Crippen LogP contribution in [-0.2, 0) is 22.6 Å². The number of benzene rings is 2. The first-order valence-electron chi connectivity index (χ1n) is 10.1. The predicted molar refractivity (Wildman–Crippen MR) is 110 cm³/mol. The molecular weight excluding hydrogens is 350 g/mol. The summed E-state index contributed by atoms with van der Waals surface area (Å²) >= 11 is 0. The number of nitrogens with zero attached hydrogens (tertiary/aromatic N) is 2. The van der Waals surface area contributed by atoms with E-state index in [0.29, 0.717) is 19.5 Å². The van der Waals surface area contributed by atoms with Crippen molar-refractivity contribution in [2.24, 2.45) is 5.92 Å². The zero-order chi connectivity index (χ0) is 19.3. The van der Waals surface area contributed by atoms with Crippen molar-refractivity contribution in [2.45, 2.75) is 25.8 Å². The Balaban J connectivity index is 1.20. The molecule has 1 N–H and O–H groups in total. The highest BCUT2D eigenvalue weighted by Gasteiger charge is 2.34. The molecule has 5 nitrogen and oxygen atoms in total. The third-order valence-corrected chi connectivity index (χ3v) is 5.72. The highest BCUT2D eigenvalue weighted by molar-refractivity contribution is 6.00. The van der Waals surface area contributed by atoms with Crippen LogP contribution >= 0.6 is 0 Å². The van der Waals surface area contributed by atoms with Crippen molar-refractivity contribution in [2.75, 3.05) is 31.1 Å². The van der Waals surface area contributed by atoms with Crippen LogP contribution in [0.15, 0.2) is 54.6 Å². The minimum atomic E-state index is -0.255. The molecule has 2 aromatic rings. The predicted octanol–water partition coefficient (Wildman–Crippen LogP) is 2.60. The fourth-order valence-corrected chi connectivity index (χ4v) is 4.14. The van der Waals surface area contributed by atoms with Gasteiger partial charge >= 0.3 is 0 Å². The van der Waals surface area contributed by atoms with E-state index in [-0.39, 0.29) is 17.7 Å². The van der Waals surface area contributed by atoms with Gasteiger partial charge in [-0.25, -0.2) is 0 Å². The molecule has 1 saturated heterocycles. The van der Waals surface area contributed by atoms with Gasteiger partial charge in [0.2, 0.25) is 11.8 Å². The summed E-state index contributed by atoms with van der Waals surface area (Å²) in [4.78, 5) is 28.9. The molecule has 1 fully saturated rings. The molecule has 0 spiro atoms. The van der Waals surface area contributed by atoms with Gasteiger partial charge < -0.3 is 10.2 Å². The summed E-state index contributed by atoms with van der Waals surface area (Å²) in [5, 5.41) is 3.03. The van der Waals surface area contributed by atoms with E-state index in [0.717, 1.165) is 38.2 Å². The second-order valence-corrected chi connectivity index (χ2v) is 7.68. The molecule has 2 aliphatic rings. The normalized spacial score (nSPS) is 19.5. The van der Waals surface area contributed by atoms with Crippen molar-refractivity contribution in [3.05, 3.63) is 65.7 Å². The van der Waals surface area contributed by atoms with Crippen LogP contribution < -0.4 is 10.2 Å². The molecule has 28 heavy (non-hydrogen) atoms. The number of fused-ring (bicyclic) bond motifs is 1. The number of hydrogen-bond donors (Lipinski definition) is 1. The first-order valence-corrected chi connectivity index (χ1v) is 10.1. The van der Waals surface area contributed by atoms with E-state index >= 15 is 0 Å².